The molecule has 1 heteroatoms. The molecule has 1 unspecified atom stereocenters. The van der Waals surface area contributed by atoms with Crippen LogP contribution in [0.4, 0.5) is 0 Å². The van der Waals surface area contributed by atoms with Gasteiger partial charge in [0.1, 0.15) is 0 Å². The van der Waals surface area contributed by atoms with Gasteiger partial charge >= 0.3 is 0 Å². The number of hydrogen-bond donors (Lipinski definition) is 1. The first-order valence-corrected chi connectivity index (χ1v) is 7.00. The van der Waals surface area contributed by atoms with Gasteiger partial charge in [0.25, 0.3) is 0 Å². The highest BCUT2D eigenvalue weighted by atomic mass is 14.9. The predicted molar refractivity (Wildman–Crippen MR) is 72.0 cm³/mol. The van der Waals surface area contributed by atoms with Gasteiger partial charge in [-0.3, -0.25) is 0 Å². The molecule has 0 amide bonds. The molecule has 0 radical (unpaired) electrons. The fourth-order valence-electron chi connectivity index (χ4n) is 3.00. The molecule has 2 fully saturated rings. The normalized spacial score (nSPS) is 23.4. The third-order valence-corrected chi connectivity index (χ3v) is 4.64. The summed E-state index contributed by atoms with van der Waals surface area (Å²) in [5, 5.41) is 3.75. The van der Waals surface area contributed by atoms with Crippen molar-refractivity contribution in [2.75, 3.05) is 6.54 Å². The summed E-state index contributed by atoms with van der Waals surface area (Å²) in [5.74, 6) is 1.06. The van der Waals surface area contributed by atoms with E-state index in [0.29, 0.717) is 11.5 Å². The van der Waals surface area contributed by atoms with Crippen molar-refractivity contribution in [3.8, 4) is 0 Å². The van der Waals surface area contributed by atoms with Crippen molar-refractivity contribution in [2.24, 2.45) is 11.3 Å². The summed E-state index contributed by atoms with van der Waals surface area (Å²) >= 11 is 0. The zero-order valence-electron chi connectivity index (χ0n) is 11.0. The van der Waals surface area contributed by atoms with Crippen LogP contribution < -0.4 is 5.32 Å². The highest BCUT2D eigenvalue weighted by molar-refractivity contribution is 5.24. The first-order valence-electron chi connectivity index (χ1n) is 7.00. The molecular formula is C16H23N. The first-order chi connectivity index (χ1) is 8.20. The van der Waals surface area contributed by atoms with Crippen molar-refractivity contribution in [2.45, 2.75) is 45.6 Å². The number of benzene rings is 1. The molecule has 1 nitrogen and oxygen atoms in total. The van der Waals surface area contributed by atoms with Gasteiger partial charge in [-0.25, -0.2) is 0 Å². The van der Waals surface area contributed by atoms with Crippen LogP contribution in [-0.4, -0.2) is 6.54 Å². The van der Waals surface area contributed by atoms with E-state index in [1.54, 1.807) is 0 Å². The maximum atomic E-state index is 3.75. The van der Waals surface area contributed by atoms with Crippen LogP contribution in [0, 0.1) is 18.3 Å². The summed E-state index contributed by atoms with van der Waals surface area (Å²) < 4.78 is 0. The van der Waals surface area contributed by atoms with Crippen LogP contribution in [0.1, 0.15) is 49.8 Å². The molecule has 0 heterocycles. The Morgan fingerprint density at radius 2 is 2.12 bits per heavy atom. The van der Waals surface area contributed by atoms with Gasteiger partial charge in [-0.2, -0.15) is 0 Å². The third kappa shape index (κ3) is 2.40. The minimum absolute atomic E-state index is 0.492. The maximum absolute atomic E-state index is 3.75. The molecule has 2 aliphatic rings. The summed E-state index contributed by atoms with van der Waals surface area (Å²) in [7, 11) is 0. The Kier molecular flexibility index (Phi) is 2.74. The molecule has 2 saturated carbocycles. The summed E-state index contributed by atoms with van der Waals surface area (Å²) in [6.07, 6.45) is 5.90. The standard InChI is InChI=1S/C16H23N/c1-12-4-3-5-14(10-12)13(2)17-11-16(8-9-16)15-6-7-15/h3-5,10,13,15,17H,6-9,11H2,1-2H3. The van der Waals surface area contributed by atoms with Gasteiger partial charge in [0.05, 0.1) is 0 Å². The summed E-state index contributed by atoms with van der Waals surface area (Å²) in [6, 6.07) is 9.36. The third-order valence-electron chi connectivity index (χ3n) is 4.64. The zero-order valence-corrected chi connectivity index (χ0v) is 11.0. The number of nitrogens with one attached hydrogen (secondary N) is 1. The molecule has 1 N–H and O–H groups in total. The Balaban J connectivity index is 1.58. The number of rotatable bonds is 5. The number of hydrogen-bond acceptors (Lipinski definition) is 1. The predicted octanol–water partition coefficient (Wildman–Crippen LogP) is 3.84. The maximum Gasteiger partial charge on any atom is 0.0292 e. The molecule has 0 aliphatic heterocycles. The highest BCUT2D eigenvalue weighted by Gasteiger charge is 2.53. The van der Waals surface area contributed by atoms with Gasteiger partial charge in [0, 0.05) is 12.6 Å². The fourth-order valence-corrected chi connectivity index (χ4v) is 3.00. The quantitative estimate of drug-likeness (QED) is 0.809. The Bertz CT molecular complexity index is 402. The summed E-state index contributed by atoms with van der Waals surface area (Å²) in [6.45, 7) is 5.69. The molecule has 1 aromatic carbocycles. The lowest BCUT2D eigenvalue weighted by atomic mass is 9.99. The SMILES string of the molecule is Cc1cccc(C(C)NCC2(C3CC3)CC2)c1. The lowest BCUT2D eigenvalue weighted by Crippen LogP contribution is -2.28. The van der Waals surface area contributed by atoms with Crippen LogP contribution in [0.25, 0.3) is 0 Å². The van der Waals surface area contributed by atoms with Crippen LogP contribution in [0.5, 0.6) is 0 Å². The van der Waals surface area contributed by atoms with E-state index in [2.05, 4.69) is 43.4 Å². The van der Waals surface area contributed by atoms with Gasteiger partial charge in [-0.15, -0.1) is 0 Å². The van der Waals surface area contributed by atoms with E-state index in [9.17, 15) is 0 Å². The van der Waals surface area contributed by atoms with Crippen molar-refractivity contribution >= 4 is 0 Å². The summed E-state index contributed by atoms with van der Waals surface area (Å²) in [5.41, 5.74) is 3.49. The van der Waals surface area contributed by atoms with Crippen molar-refractivity contribution in [1.29, 1.82) is 0 Å². The largest absolute Gasteiger partial charge is 0.310 e. The Hall–Kier alpha value is -0.820. The van der Waals surface area contributed by atoms with Crippen LogP contribution in [0.2, 0.25) is 0 Å². The second-order valence-corrected chi connectivity index (χ2v) is 6.15. The van der Waals surface area contributed by atoms with Gasteiger partial charge in [0.15, 0.2) is 0 Å². The molecule has 1 aromatic rings. The first kappa shape index (κ1) is 11.3. The van der Waals surface area contributed by atoms with E-state index < -0.39 is 0 Å². The average molecular weight is 229 g/mol. The molecule has 0 spiro atoms. The molecule has 0 saturated heterocycles. The van der Waals surface area contributed by atoms with Gasteiger partial charge < -0.3 is 5.32 Å². The molecule has 0 bridgehead atoms. The molecule has 2 aliphatic carbocycles. The van der Waals surface area contributed by atoms with E-state index in [1.165, 1.54) is 43.4 Å². The molecule has 3 rings (SSSR count). The van der Waals surface area contributed by atoms with Crippen LogP contribution in [-0.2, 0) is 0 Å². The van der Waals surface area contributed by atoms with Crippen LogP contribution in [0.3, 0.4) is 0 Å². The second-order valence-electron chi connectivity index (χ2n) is 6.15. The lowest BCUT2D eigenvalue weighted by Gasteiger charge is -2.20. The molecule has 1 atom stereocenters. The van der Waals surface area contributed by atoms with E-state index in [0.717, 1.165) is 5.92 Å². The van der Waals surface area contributed by atoms with Crippen LogP contribution in [0.15, 0.2) is 24.3 Å². The fraction of sp³-hybridized carbons (Fsp3) is 0.625. The minimum Gasteiger partial charge on any atom is -0.310 e. The molecule has 92 valence electrons. The van der Waals surface area contributed by atoms with Gasteiger partial charge in [-0.05, 0) is 56.4 Å². The topological polar surface area (TPSA) is 12.0 Å². The lowest BCUT2D eigenvalue weighted by molar-refractivity contribution is 0.382. The van der Waals surface area contributed by atoms with Gasteiger partial charge in [-0.1, -0.05) is 29.8 Å². The molecule has 17 heavy (non-hydrogen) atoms. The van der Waals surface area contributed by atoms with Crippen LogP contribution >= 0.6 is 0 Å². The minimum atomic E-state index is 0.492. The van der Waals surface area contributed by atoms with Crippen molar-refractivity contribution < 1.29 is 0 Å². The highest BCUT2D eigenvalue weighted by Crippen LogP contribution is 2.60. The van der Waals surface area contributed by atoms with Crippen molar-refractivity contribution in [3.63, 3.8) is 0 Å². The number of aryl methyl sites for hydroxylation is 1. The Labute approximate surface area is 105 Å². The summed E-state index contributed by atoms with van der Waals surface area (Å²) in [4.78, 5) is 0. The zero-order chi connectivity index (χ0) is 11.9. The Morgan fingerprint density at radius 3 is 2.71 bits per heavy atom. The van der Waals surface area contributed by atoms with Crippen molar-refractivity contribution in [1.82, 2.24) is 5.32 Å². The smallest absolute Gasteiger partial charge is 0.0292 e. The van der Waals surface area contributed by atoms with Crippen molar-refractivity contribution in [3.05, 3.63) is 35.4 Å². The van der Waals surface area contributed by atoms with Gasteiger partial charge in [0.2, 0.25) is 0 Å². The van der Waals surface area contributed by atoms with E-state index in [1.807, 2.05) is 0 Å². The van der Waals surface area contributed by atoms with E-state index in [4.69, 9.17) is 0 Å². The van der Waals surface area contributed by atoms with E-state index >= 15 is 0 Å². The second kappa shape index (κ2) is 4.13. The Morgan fingerprint density at radius 1 is 1.35 bits per heavy atom. The molecule has 0 aromatic heterocycles. The van der Waals surface area contributed by atoms with E-state index in [-0.39, 0.29) is 0 Å². The molecular weight excluding hydrogens is 206 g/mol. The monoisotopic (exact) mass is 229 g/mol. The average Bonchev–Trinajstić information content (AvgIpc) is 3.15.